The van der Waals surface area contributed by atoms with Gasteiger partial charge in [-0.15, -0.1) is 0 Å². The summed E-state index contributed by atoms with van der Waals surface area (Å²) < 4.78 is 5.16. The van der Waals surface area contributed by atoms with Crippen molar-refractivity contribution in [3.63, 3.8) is 0 Å². The minimum Gasteiger partial charge on any atom is -0.386 e. The van der Waals surface area contributed by atoms with E-state index in [9.17, 15) is 5.11 Å². The lowest BCUT2D eigenvalue weighted by Gasteiger charge is -2.21. The molecular weight excluding hydrogens is 176 g/mol. The number of rotatable bonds is 4. The van der Waals surface area contributed by atoms with E-state index in [4.69, 9.17) is 4.74 Å². The van der Waals surface area contributed by atoms with Crippen LogP contribution in [0.5, 0.6) is 0 Å². The summed E-state index contributed by atoms with van der Waals surface area (Å²) >= 11 is 0. The predicted octanol–water partition coefficient (Wildman–Crippen LogP) is 2.29. The molecule has 0 fully saturated rings. The molecule has 0 aliphatic heterocycles. The van der Waals surface area contributed by atoms with Crippen molar-refractivity contribution < 1.29 is 9.84 Å². The first-order valence-corrected chi connectivity index (χ1v) is 5.23. The quantitative estimate of drug-likeness (QED) is 0.747. The van der Waals surface area contributed by atoms with Gasteiger partial charge >= 0.3 is 0 Å². The molecule has 0 heterocycles. The number of hydrogen-bond acceptors (Lipinski definition) is 2. The lowest BCUT2D eigenvalue weighted by atomic mass is 9.96. The maximum absolute atomic E-state index is 9.51. The van der Waals surface area contributed by atoms with E-state index in [0.29, 0.717) is 0 Å². The second-order valence-electron chi connectivity index (χ2n) is 4.22. The largest absolute Gasteiger partial charge is 0.386 e. The van der Waals surface area contributed by atoms with Crippen molar-refractivity contribution >= 4 is 0 Å². The van der Waals surface area contributed by atoms with Crippen molar-refractivity contribution in [2.45, 2.75) is 38.9 Å². The summed E-state index contributed by atoms with van der Waals surface area (Å²) in [6, 6.07) is 0. The Labute approximate surface area is 86.3 Å². The van der Waals surface area contributed by atoms with Gasteiger partial charge in [0.15, 0.2) is 0 Å². The average molecular weight is 196 g/mol. The van der Waals surface area contributed by atoms with Gasteiger partial charge in [0.25, 0.3) is 0 Å². The van der Waals surface area contributed by atoms with Crippen LogP contribution in [0.25, 0.3) is 0 Å². The van der Waals surface area contributed by atoms with Crippen molar-refractivity contribution in [2.24, 2.45) is 5.92 Å². The van der Waals surface area contributed by atoms with E-state index in [-0.39, 0.29) is 6.10 Å². The van der Waals surface area contributed by atoms with Crippen LogP contribution in [0.3, 0.4) is 0 Å². The summed E-state index contributed by atoms with van der Waals surface area (Å²) in [6.45, 7) is 4.44. The van der Waals surface area contributed by atoms with Gasteiger partial charge in [-0.1, -0.05) is 26.0 Å². The Morgan fingerprint density at radius 3 is 2.79 bits per heavy atom. The molecule has 2 atom stereocenters. The standard InChI is InChI=1S/C12H20O2/c1-9(2)4-5-10-6-7-11(13)12(8-10)14-3/h6-9,11-13H,4-5H2,1-3H3. The van der Waals surface area contributed by atoms with E-state index in [0.717, 1.165) is 12.3 Å². The van der Waals surface area contributed by atoms with Gasteiger partial charge in [0.1, 0.15) is 12.2 Å². The highest BCUT2D eigenvalue weighted by atomic mass is 16.5. The van der Waals surface area contributed by atoms with Gasteiger partial charge < -0.3 is 9.84 Å². The first-order valence-electron chi connectivity index (χ1n) is 5.23. The van der Waals surface area contributed by atoms with E-state index in [1.54, 1.807) is 7.11 Å². The Balaban J connectivity index is 2.49. The van der Waals surface area contributed by atoms with Crippen LogP contribution in [0.2, 0.25) is 0 Å². The van der Waals surface area contributed by atoms with Gasteiger partial charge in [-0.25, -0.2) is 0 Å². The first-order chi connectivity index (χ1) is 6.63. The third-order valence-corrected chi connectivity index (χ3v) is 2.50. The number of allylic oxidation sites excluding steroid dienone is 2. The van der Waals surface area contributed by atoms with Crippen molar-refractivity contribution in [3.8, 4) is 0 Å². The Hall–Kier alpha value is -0.600. The van der Waals surface area contributed by atoms with Gasteiger partial charge in [0.2, 0.25) is 0 Å². The van der Waals surface area contributed by atoms with Crippen molar-refractivity contribution in [2.75, 3.05) is 7.11 Å². The molecule has 0 aromatic carbocycles. The third kappa shape index (κ3) is 3.28. The molecule has 1 N–H and O–H groups in total. The molecule has 2 heteroatoms. The monoisotopic (exact) mass is 196 g/mol. The number of ether oxygens (including phenoxy) is 1. The Morgan fingerprint density at radius 1 is 1.50 bits per heavy atom. The summed E-state index contributed by atoms with van der Waals surface area (Å²) in [5, 5.41) is 9.51. The highest BCUT2D eigenvalue weighted by Gasteiger charge is 2.17. The zero-order chi connectivity index (χ0) is 10.6. The van der Waals surface area contributed by atoms with Gasteiger partial charge in [0, 0.05) is 7.11 Å². The molecule has 0 aromatic heterocycles. The van der Waals surface area contributed by atoms with Crippen LogP contribution < -0.4 is 0 Å². The summed E-state index contributed by atoms with van der Waals surface area (Å²) in [5.41, 5.74) is 1.27. The van der Waals surface area contributed by atoms with Gasteiger partial charge in [-0.3, -0.25) is 0 Å². The molecule has 0 bridgehead atoms. The summed E-state index contributed by atoms with van der Waals surface area (Å²) in [5.74, 6) is 0.720. The lowest BCUT2D eigenvalue weighted by Crippen LogP contribution is -2.26. The van der Waals surface area contributed by atoms with E-state index in [1.165, 1.54) is 12.0 Å². The van der Waals surface area contributed by atoms with E-state index in [2.05, 4.69) is 13.8 Å². The summed E-state index contributed by atoms with van der Waals surface area (Å²) in [7, 11) is 1.63. The minimum absolute atomic E-state index is 0.165. The lowest BCUT2D eigenvalue weighted by molar-refractivity contribution is 0.0408. The molecular formula is C12H20O2. The van der Waals surface area contributed by atoms with Crippen LogP contribution in [0.1, 0.15) is 26.7 Å². The minimum atomic E-state index is -0.484. The number of methoxy groups -OCH3 is 1. The molecule has 0 saturated carbocycles. The topological polar surface area (TPSA) is 29.5 Å². The Kier molecular flexibility index (Phi) is 4.36. The zero-order valence-electron chi connectivity index (χ0n) is 9.23. The van der Waals surface area contributed by atoms with Crippen molar-refractivity contribution in [1.29, 1.82) is 0 Å². The molecule has 0 spiro atoms. The molecule has 1 rings (SSSR count). The second kappa shape index (κ2) is 5.32. The zero-order valence-corrected chi connectivity index (χ0v) is 9.23. The fraction of sp³-hybridized carbons (Fsp3) is 0.667. The van der Waals surface area contributed by atoms with Crippen LogP contribution in [0, 0.1) is 5.92 Å². The SMILES string of the molecule is COC1C=C(CCC(C)C)C=CC1O. The molecule has 1 aliphatic carbocycles. The van der Waals surface area contributed by atoms with Crippen LogP contribution in [-0.2, 0) is 4.74 Å². The van der Waals surface area contributed by atoms with E-state index in [1.807, 2.05) is 18.2 Å². The van der Waals surface area contributed by atoms with Crippen LogP contribution >= 0.6 is 0 Å². The molecule has 0 amide bonds. The molecule has 14 heavy (non-hydrogen) atoms. The summed E-state index contributed by atoms with van der Waals surface area (Å²) in [4.78, 5) is 0. The maximum Gasteiger partial charge on any atom is 0.105 e. The fourth-order valence-corrected chi connectivity index (χ4v) is 1.53. The molecule has 1 aliphatic rings. The number of aliphatic hydroxyl groups is 1. The molecule has 2 unspecified atom stereocenters. The highest BCUT2D eigenvalue weighted by Crippen LogP contribution is 2.19. The number of hydrogen-bond donors (Lipinski definition) is 1. The van der Waals surface area contributed by atoms with Crippen molar-refractivity contribution in [3.05, 3.63) is 23.8 Å². The average Bonchev–Trinajstić information content (AvgIpc) is 2.16. The van der Waals surface area contributed by atoms with E-state index >= 15 is 0 Å². The maximum atomic E-state index is 9.51. The molecule has 2 nitrogen and oxygen atoms in total. The van der Waals surface area contributed by atoms with Gasteiger partial charge in [-0.2, -0.15) is 0 Å². The molecule has 80 valence electrons. The van der Waals surface area contributed by atoms with Gasteiger partial charge in [-0.05, 0) is 30.4 Å². The Morgan fingerprint density at radius 2 is 2.21 bits per heavy atom. The van der Waals surface area contributed by atoms with Crippen LogP contribution in [-0.4, -0.2) is 24.4 Å². The third-order valence-electron chi connectivity index (χ3n) is 2.50. The summed E-state index contributed by atoms with van der Waals surface area (Å²) in [6.07, 6.45) is 7.44. The van der Waals surface area contributed by atoms with Crippen LogP contribution in [0.4, 0.5) is 0 Å². The van der Waals surface area contributed by atoms with Gasteiger partial charge in [0.05, 0.1) is 0 Å². The second-order valence-corrected chi connectivity index (χ2v) is 4.22. The van der Waals surface area contributed by atoms with E-state index < -0.39 is 6.10 Å². The highest BCUT2D eigenvalue weighted by molar-refractivity contribution is 5.27. The molecule has 0 aromatic rings. The predicted molar refractivity (Wildman–Crippen MR) is 58.1 cm³/mol. The smallest absolute Gasteiger partial charge is 0.105 e. The van der Waals surface area contributed by atoms with Crippen LogP contribution in [0.15, 0.2) is 23.8 Å². The Bertz CT molecular complexity index is 228. The number of aliphatic hydroxyl groups excluding tert-OH is 1. The fourth-order valence-electron chi connectivity index (χ4n) is 1.53. The first kappa shape index (κ1) is 11.5. The van der Waals surface area contributed by atoms with Crippen molar-refractivity contribution in [1.82, 2.24) is 0 Å². The normalized spacial score (nSPS) is 26.8. The molecule has 0 radical (unpaired) electrons. The molecule has 0 saturated heterocycles.